The molecule has 2 aromatic carbocycles. The number of hydrogen-bond acceptors (Lipinski definition) is 8. The second-order valence-electron chi connectivity index (χ2n) is 9.96. The van der Waals surface area contributed by atoms with Crippen LogP contribution in [0.3, 0.4) is 0 Å². The lowest BCUT2D eigenvalue weighted by Gasteiger charge is -2.35. The molecule has 12 nitrogen and oxygen atoms in total. The highest BCUT2D eigenvalue weighted by Crippen LogP contribution is 2.32. The Morgan fingerprint density at radius 1 is 0.786 bits per heavy atom. The van der Waals surface area contributed by atoms with Gasteiger partial charge in [-0.25, -0.2) is 14.9 Å². The van der Waals surface area contributed by atoms with E-state index in [9.17, 15) is 34.4 Å². The van der Waals surface area contributed by atoms with Crippen molar-refractivity contribution in [2.45, 2.75) is 57.9 Å². The third-order valence-corrected chi connectivity index (χ3v) is 6.89. The predicted molar refractivity (Wildman–Crippen MR) is 151 cm³/mol. The number of unbranched alkanes of at least 4 members (excludes halogenated alkanes) is 2. The van der Waals surface area contributed by atoms with Gasteiger partial charge in [-0.2, -0.15) is 5.48 Å². The van der Waals surface area contributed by atoms with Crippen LogP contribution in [0.1, 0.15) is 63.5 Å². The Hall–Kier alpha value is -4.29. The summed E-state index contributed by atoms with van der Waals surface area (Å²) in [6.07, 6.45) is 3.76. The van der Waals surface area contributed by atoms with Gasteiger partial charge in [0.2, 0.25) is 18.7 Å². The first-order chi connectivity index (χ1) is 20.2. The molecule has 0 aromatic heterocycles. The molecule has 0 heterocycles. The second-order valence-corrected chi connectivity index (χ2v) is 9.96. The van der Waals surface area contributed by atoms with Crippen LogP contribution in [0, 0.1) is 11.8 Å². The van der Waals surface area contributed by atoms with Crippen molar-refractivity contribution in [2.24, 2.45) is 11.8 Å². The molecule has 0 radical (unpaired) electrons. The zero-order valence-corrected chi connectivity index (χ0v) is 24.0. The van der Waals surface area contributed by atoms with Crippen LogP contribution in [-0.2, 0) is 34.3 Å². The van der Waals surface area contributed by atoms with Crippen molar-refractivity contribution in [2.75, 3.05) is 13.1 Å². The Morgan fingerprint density at radius 3 is 1.62 bits per heavy atom. The Bertz CT molecular complexity index is 1110. The van der Waals surface area contributed by atoms with E-state index in [1.807, 2.05) is 13.8 Å². The fourth-order valence-corrected chi connectivity index (χ4v) is 4.57. The topological polar surface area (TPSA) is 166 Å². The van der Waals surface area contributed by atoms with Gasteiger partial charge in [0.05, 0.1) is 24.9 Å². The highest BCUT2D eigenvalue weighted by Gasteiger charge is 2.47. The van der Waals surface area contributed by atoms with E-state index in [1.165, 1.54) is 0 Å². The summed E-state index contributed by atoms with van der Waals surface area (Å²) in [5.74, 6) is -4.13. The second kappa shape index (κ2) is 17.5. The van der Waals surface area contributed by atoms with Gasteiger partial charge in [-0.05, 0) is 24.0 Å². The van der Waals surface area contributed by atoms with Gasteiger partial charge in [0.1, 0.15) is 0 Å². The SMILES string of the molecule is CCCC[C@H](CN(O)C=O)C(=O)NOC(=O)C(NC(=O)[C@H](CCCC)CN(O)C=O)(c1ccccc1)c1ccccc1. The molecule has 0 bridgehead atoms. The Kier molecular flexibility index (Phi) is 14.1. The number of hydrogen-bond donors (Lipinski definition) is 4. The van der Waals surface area contributed by atoms with Crippen molar-refractivity contribution in [1.82, 2.24) is 20.9 Å². The number of nitrogens with one attached hydrogen (secondary N) is 2. The third kappa shape index (κ3) is 9.38. The van der Waals surface area contributed by atoms with Gasteiger partial charge in [-0.15, -0.1) is 0 Å². The molecule has 2 rings (SSSR count). The highest BCUT2D eigenvalue weighted by molar-refractivity contribution is 5.94. The average molecular weight is 585 g/mol. The molecule has 0 aliphatic heterocycles. The zero-order valence-electron chi connectivity index (χ0n) is 24.0. The minimum absolute atomic E-state index is 0.177. The van der Waals surface area contributed by atoms with E-state index >= 15 is 0 Å². The number of benzene rings is 2. The highest BCUT2D eigenvalue weighted by atomic mass is 16.7. The Labute approximate surface area is 245 Å². The van der Waals surface area contributed by atoms with Gasteiger partial charge in [0.25, 0.3) is 5.91 Å². The lowest BCUT2D eigenvalue weighted by molar-refractivity contribution is -0.169. The van der Waals surface area contributed by atoms with Crippen LogP contribution >= 0.6 is 0 Å². The fourth-order valence-electron chi connectivity index (χ4n) is 4.57. The van der Waals surface area contributed by atoms with E-state index in [0.29, 0.717) is 46.9 Å². The molecule has 0 aliphatic rings. The zero-order chi connectivity index (χ0) is 31.0. The molecule has 2 aromatic rings. The standard InChI is InChI=1S/C30H40N4O8/c1-3-5-13-23(19-33(40)21-35)27(37)31-30(25-15-9-7-10-16-25,26-17-11-8-12-18-26)29(39)42-32-28(38)24(14-6-4-2)20-34(41)22-36/h7-12,15-18,21-24,40-41H,3-6,13-14,19-20H2,1-2H3,(H,31,37)(H,32,38)/t23-,24-/m1/s1. The summed E-state index contributed by atoms with van der Waals surface area (Å²) in [6, 6.07) is 16.7. The van der Waals surface area contributed by atoms with Gasteiger partial charge in [-0.1, -0.05) is 100 Å². The van der Waals surface area contributed by atoms with E-state index in [-0.39, 0.29) is 25.9 Å². The Morgan fingerprint density at radius 2 is 1.21 bits per heavy atom. The number of carbonyl (C=O) groups is 5. The summed E-state index contributed by atoms with van der Waals surface area (Å²) in [4.78, 5) is 68.2. The van der Waals surface area contributed by atoms with Gasteiger partial charge in [0.15, 0.2) is 5.54 Å². The first-order valence-corrected chi connectivity index (χ1v) is 14.0. The van der Waals surface area contributed by atoms with Crippen molar-refractivity contribution in [3.63, 3.8) is 0 Å². The monoisotopic (exact) mass is 584 g/mol. The smallest absolute Gasteiger partial charge is 0.337 e. The van der Waals surface area contributed by atoms with Gasteiger partial charge in [-0.3, -0.25) is 29.6 Å². The number of hydroxylamine groups is 5. The molecule has 2 atom stereocenters. The van der Waals surface area contributed by atoms with Crippen LogP contribution in [0.15, 0.2) is 60.7 Å². The number of nitrogens with zero attached hydrogens (tertiary/aromatic N) is 2. The Balaban J connectivity index is 2.52. The van der Waals surface area contributed by atoms with Crippen LogP contribution in [0.25, 0.3) is 0 Å². The summed E-state index contributed by atoms with van der Waals surface area (Å²) >= 11 is 0. The van der Waals surface area contributed by atoms with Crippen LogP contribution < -0.4 is 10.8 Å². The minimum atomic E-state index is -1.94. The van der Waals surface area contributed by atoms with E-state index in [0.717, 1.165) is 12.8 Å². The normalized spacial score (nSPS) is 12.4. The summed E-state index contributed by atoms with van der Waals surface area (Å²) in [5.41, 5.74) is 0.880. The number of carbonyl (C=O) groups excluding carboxylic acids is 5. The molecule has 4 N–H and O–H groups in total. The maximum Gasteiger partial charge on any atom is 0.366 e. The quantitative estimate of drug-likeness (QED) is 0.118. The van der Waals surface area contributed by atoms with Gasteiger partial charge >= 0.3 is 5.97 Å². The number of rotatable bonds is 18. The number of amides is 4. The molecule has 0 saturated heterocycles. The van der Waals surface area contributed by atoms with E-state index < -0.39 is 35.2 Å². The largest absolute Gasteiger partial charge is 0.366 e. The first kappa shape index (κ1) is 33.9. The lowest BCUT2D eigenvalue weighted by Crippen LogP contribution is -2.57. The lowest BCUT2D eigenvalue weighted by atomic mass is 9.82. The molecule has 4 amide bonds. The van der Waals surface area contributed by atoms with Crippen LogP contribution in [0.2, 0.25) is 0 Å². The molecule has 0 aliphatic carbocycles. The molecule has 0 saturated carbocycles. The van der Waals surface area contributed by atoms with Crippen molar-refractivity contribution < 1.29 is 39.2 Å². The average Bonchev–Trinajstić information content (AvgIpc) is 3.02. The maximum absolute atomic E-state index is 14.1. The molecular formula is C30H40N4O8. The summed E-state index contributed by atoms with van der Waals surface area (Å²) in [6.45, 7) is 3.25. The van der Waals surface area contributed by atoms with Crippen LogP contribution in [0.4, 0.5) is 0 Å². The van der Waals surface area contributed by atoms with E-state index in [4.69, 9.17) is 4.84 Å². The summed E-state index contributed by atoms with van der Waals surface area (Å²) in [5, 5.41) is 23.1. The molecular weight excluding hydrogens is 544 g/mol. The van der Waals surface area contributed by atoms with Gasteiger partial charge < -0.3 is 10.2 Å². The first-order valence-electron chi connectivity index (χ1n) is 14.0. The van der Waals surface area contributed by atoms with Crippen LogP contribution in [-0.4, -0.2) is 64.2 Å². The maximum atomic E-state index is 14.1. The van der Waals surface area contributed by atoms with E-state index in [1.54, 1.807) is 60.7 Å². The van der Waals surface area contributed by atoms with Gasteiger partial charge in [0, 0.05) is 0 Å². The predicted octanol–water partition coefficient (Wildman–Crippen LogP) is 2.93. The van der Waals surface area contributed by atoms with Crippen LogP contribution in [0.5, 0.6) is 0 Å². The molecule has 0 spiro atoms. The molecule has 0 fully saturated rings. The molecule has 228 valence electrons. The fraction of sp³-hybridized carbons (Fsp3) is 0.433. The molecule has 42 heavy (non-hydrogen) atoms. The summed E-state index contributed by atoms with van der Waals surface area (Å²) < 4.78 is 0. The molecule has 12 heteroatoms. The third-order valence-electron chi connectivity index (χ3n) is 6.89. The molecule has 0 unspecified atom stereocenters. The minimum Gasteiger partial charge on any atom is -0.337 e. The summed E-state index contributed by atoms with van der Waals surface area (Å²) in [7, 11) is 0. The van der Waals surface area contributed by atoms with E-state index in [2.05, 4.69) is 10.8 Å². The van der Waals surface area contributed by atoms with Crippen molar-refractivity contribution in [3.8, 4) is 0 Å². The van der Waals surface area contributed by atoms with Crippen molar-refractivity contribution in [3.05, 3.63) is 71.8 Å². The van der Waals surface area contributed by atoms with Crippen molar-refractivity contribution in [1.29, 1.82) is 0 Å². The van der Waals surface area contributed by atoms with Crippen molar-refractivity contribution >= 4 is 30.6 Å².